The Balaban J connectivity index is 2.54. The van der Waals surface area contributed by atoms with Crippen molar-refractivity contribution in [3.8, 4) is 11.8 Å². The summed E-state index contributed by atoms with van der Waals surface area (Å²) < 4.78 is 29.6. The van der Waals surface area contributed by atoms with E-state index in [0.29, 0.717) is 32.5 Å². The third-order valence-electron chi connectivity index (χ3n) is 4.11. The molecule has 1 saturated carbocycles. The van der Waals surface area contributed by atoms with E-state index in [2.05, 4.69) is 27.3 Å². The number of nitrogens with zero attached hydrogens (tertiary/aromatic N) is 2. The fraction of sp³-hybridized carbons (Fsp3) is 0.688. The lowest BCUT2D eigenvalue weighted by atomic mass is 9.75. The van der Waals surface area contributed by atoms with Crippen molar-refractivity contribution in [3.63, 3.8) is 0 Å². The molecule has 0 spiro atoms. The van der Waals surface area contributed by atoms with Crippen LogP contribution in [0.15, 0.2) is 6.07 Å². The molecule has 1 fully saturated rings. The van der Waals surface area contributed by atoms with Crippen LogP contribution in [0.2, 0.25) is 0 Å². The van der Waals surface area contributed by atoms with Gasteiger partial charge in [-0.1, -0.05) is 6.42 Å². The lowest BCUT2D eigenvalue weighted by Gasteiger charge is -2.42. The third kappa shape index (κ3) is 3.29. The second-order valence-electron chi connectivity index (χ2n) is 5.59. The summed E-state index contributed by atoms with van der Waals surface area (Å²) in [6.07, 6.45) is 1.59. The standard InChI is InChI=1S/C16H23FN2O4S/c1-4-22-11-10-12(23-5-2)19-13(18-11)16(24)9-7-6-8-15(16,17)14(20)21-3/h10,24H,4-9H2,1-3H3. The van der Waals surface area contributed by atoms with Gasteiger partial charge in [0.15, 0.2) is 5.82 Å². The molecule has 2 atom stereocenters. The Labute approximate surface area is 146 Å². The highest BCUT2D eigenvalue weighted by molar-refractivity contribution is 7.81. The number of alkyl halides is 1. The number of carbonyl (C=O) groups excluding carboxylic acids is 1. The number of thiol groups is 1. The van der Waals surface area contributed by atoms with Crippen LogP contribution in [0.1, 0.15) is 45.4 Å². The molecule has 8 heteroatoms. The summed E-state index contributed by atoms with van der Waals surface area (Å²) in [6.45, 7) is 4.40. The first-order valence-electron chi connectivity index (χ1n) is 8.06. The van der Waals surface area contributed by atoms with Crippen molar-refractivity contribution in [3.05, 3.63) is 11.9 Å². The predicted octanol–water partition coefficient (Wildman–Crippen LogP) is 2.85. The molecule has 1 heterocycles. The first-order chi connectivity index (χ1) is 11.4. The number of aromatic nitrogens is 2. The molecule has 6 nitrogen and oxygen atoms in total. The van der Waals surface area contributed by atoms with Gasteiger partial charge in [0, 0.05) is 0 Å². The van der Waals surface area contributed by atoms with Crippen LogP contribution in [0.3, 0.4) is 0 Å². The maximum atomic E-state index is 15.6. The molecule has 1 aliphatic carbocycles. The largest absolute Gasteiger partial charge is 0.478 e. The quantitative estimate of drug-likeness (QED) is 0.623. The van der Waals surface area contributed by atoms with Gasteiger partial charge in [0.05, 0.1) is 26.4 Å². The van der Waals surface area contributed by atoms with Gasteiger partial charge in [0.1, 0.15) is 4.75 Å². The van der Waals surface area contributed by atoms with E-state index in [4.69, 9.17) is 9.47 Å². The Kier molecular flexibility index (Phi) is 5.90. The van der Waals surface area contributed by atoms with Gasteiger partial charge in [-0.25, -0.2) is 9.18 Å². The Hall–Kier alpha value is -1.57. The summed E-state index contributed by atoms with van der Waals surface area (Å²) in [4.78, 5) is 20.7. The number of methoxy groups -OCH3 is 1. The van der Waals surface area contributed by atoms with Gasteiger partial charge in [-0.2, -0.15) is 22.6 Å². The van der Waals surface area contributed by atoms with Crippen LogP contribution in [0.25, 0.3) is 0 Å². The van der Waals surface area contributed by atoms with E-state index in [9.17, 15) is 4.79 Å². The zero-order valence-electron chi connectivity index (χ0n) is 14.2. The Morgan fingerprint density at radius 2 is 1.75 bits per heavy atom. The number of halogens is 1. The third-order valence-corrected chi connectivity index (χ3v) is 4.89. The minimum absolute atomic E-state index is 0.00929. The number of rotatable bonds is 6. The molecule has 1 aliphatic rings. The zero-order chi connectivity index (χ0) is 17.8. The summed E-state index contributed by atoms with van der Waals surface area (Å²) >= 11 is 4.53. The maximum absolute atomic E-state index is 15.6. The van der Waals surface area contributed by atoms with Crippen LogP contribution in [0.4, 0.5) is 4.39 Å². The molecule has 0 N–H and O–H groups in total. The summed E-state index contributed by atoms with van der Waals surface area (Å²) in [6, 6.07) is 1.54. The summed E-state index contributed by atoms with van der Waals surface area (Å²) in [5.41, 5.74) is -2.31. The highest BCUT2D eigenvalue weighted by Crippen LogP contribution is 2.51. The molecule has 134 valence electrons. The van der Waals surface area contributed by atoms with Crippen LogP contribution in [0.5, 0.6) is 11.8 Å². The van der Waals surface area contributed by atoms with Crippen molar-refractivity contribution in [1.29, 1.82) is 0 Å². The average molecular weight is 358 g/mol. The molecule has 0 radical (unpaired) electrons. The molecule has 0 aliphatic heterocycles. The minimum Gasteiger partial charge on any atom is -0.478 e. The molecule has 0 bridgehead atoms. The molecule has 2 unspecified atom stereocenters. The van der Waals surface area contributed by atoms with Gasteiger partial charge >= 0.3 is 5.97 Å². The normalized spacial score (nSPS) is 26.7. The first-order valence-corrected chi connectivity index (χ1v) is 8.50. The Morgan fingerprint density at radius 1 is 1.21 bits per heavy atom. The Morgan fingerprint density at radius 3 is 2.25 bits per heavy atom. The van der Waals surface area contributed by atoms with E-state index < -0.39 is 16.4 Å². The molecule has 1 aromatic heterocycles. The van der Waals surface area contributed by atoms with Crippen molar-refractivity contribution in [2.45, 2.75) is 49.9 Å². The highest BCUT2D eigenvalue weighted by Gasteiger charge is 2.60. The minimum atomic E-state index is -2.31. The Bertz CT molecular complexity index is 579. The van der Waals surface area contributed by atoms with Gasteiger partial charge in [0.2, 0.25) is 17.4 Å². The highest BCUT2D eigenvalue weighted by atomic mass is 32.1. The maximum Gasteiger partial charge on any atom is 0.345 e. The van der Waals surface area contributed by atoms with E-state index in [1.165, 1.54) is 6.07 Å². The molecule has 1 aromatic rings. The summed E-state index contributed by atoms with van der Waals surface area (Å²) in [7, 11) is 1.16. The van der Waals surface area contributed by atoms with Crippen molar-refractivity contribution < 1.29 is 23.4 Å². The van der Waals surface area contributed by atoms with E-state index in [1.54, 1.807) is 0 Å². The molecule has 0 amide bonds. The molecule has 0 saturated heterocycles. The van der Waals surface area contributed by atoms with Gasteiger partial charge < -0.3 is 14.2 Å². The molecular weight excluding hydrogens is 335 g/mol. The van der Waals surface area contributed by atoms with E-state index in [1.807, 2.05) is 13.8 Å². The number of ether oxygens (including phenoxy) is 3. The number of hydrogen-bond donors (Lipinski definition) is 1. The molecule has 2 rings (SSSR count). The fourth-order valence-electron chi connectivity index (χ4n) is 2.91. The lowest BCUT2D eigenvalue weighted by molar-refractivity contribution is -0.160. The second-order valence-corrected chi connectivity index (χ2v) is 6.36. The van der Waals surface area contributed by atoms with E-state index in [-0.39, 0.29) is 24.0 Å². The average Bonchev–Trinajstić information content (AvgIpc) is 2.57. The number of carbonyl (C=O) groups is 1. The monoisotopic (exact) mass is 358 g/mol. The predicted molar refractivity (Wildman–Crippen MR) is 89.4 cm³/mol. The molecule has 24 heavy (non-hydrogen) atoms. The smallest absolute Gasteiger partial charge is 0.345 e. The van der Waals surface area contributed by atoms with Crippen LogP contribution < -0.4 is 9.47 Å². The zero-order valence-corrected chi connectivity index (χ0v) is 15.1. The van der Waals surface area contributed by atoms with Crippen LogP contribution in [0, 0.1) is 0 Å². The topological polar surface area (TPSA) is 70.5 Å². The van der Waals surface area contributed by atoms with Gasteiger partial charge in [-0.15, -0.1) is 0 Å². The van der Waals surface area contributed by atoms with Crippen molar-refractivity contribution in [2.75, 3.05) is 20.3 Å². The number of esters is 1. The van der Waals surface area contributed by atoms with Crippen LogP contribution in [-0.4, -0.2) is 41.9 Å². The van der Waals surface area contributed by atoms with Gasteiger partial charge in [0.25, 0.3) is 0 Å². The summed E-state index contributed by atoms with van der Waals surface area (Å²) in [5, 5.41) is 0. The van der Waals surface area contributed by atoms with Crippen LogP contribution in [-0.2, 0) is 14.3 Å². The van der Waals surface area contributed by atoms with E-state index >= 15 is 4.39 Å². The van der Waals surface area contributed by atoms with Crippen molar-refractivity contribution in [2.24, 2.45) is 0 Å². The number of hydrogen-bond acceptors (Lipinski definition) is 7. The first kappa shape index (κ1) is 18.8. The molecular formula is C16H23FN2O4S. The second kappa shape index (κ2) is 7.55. The van der Waals surface area contributed by atoms with Gasteiger partial charge in [-0.05, 0) is 33.1 Å². The van der Waals surface area contributed by atoms with Crippen LogP contribution >= 0.6 is 12.6 Å². The van der Waals surface area contributed by atoms with Crippen molar-refractivity contribution in [1.82, 2.24) is 9.97 Å². The fourth-order valence-corrected chi connectivity index (χ4v) is 3.37. The summed E-state index contributed by atoms with van der Waals surface area (Å²) in [5.74, 6) is -0.359. The van der Waals surface area contributed by atoms with Crippen molar-refractivity contribution >= 4 is 18.6 Å². The lowest BCUT2D eigenvalue weighted by Crippen LogP contribution is -2.54. The molecule has 0 aromatic carbocycles. The SMILES string of the molecule is CCOc1cc(OCC)nc(C2(S)CCCCC2(F)C(=O)OC)n1. The van der Waals surface area contributed by atoms with Gasteiger partial charge in [-0.3, -0.25) is 0 Å². The van der Waals surface area contributed by atoms with E-state index in [0.717, 1.165) is 7.11 Å².